The highest BCUT2D eigenvalue weighted by atomic mass is 79.9. The lowest BCUT2D eigenvalue weighted by atomic mass is 10.1. The molecule has 3 N–H and O–H groups in total. The van der Waals surface area contributed by atoms with Gasteiger partial charge in [0.05, 0.1) is 0 Å². The van der Waals surface area contributed by atoms with Gasteiger partial charge in [-0.25, -0.2) is 4.39 Å². The molecule has 0 bridgehead atoms. The highest BCUT2D eigenvalue weighted by molar-refractivity contribution is 9.10. The molecule has 2 aromatic rings. The third kappa shape index (κ3) is 3.68. The molecule has 0 saturated carbocycles. The Bertz CT molecular complexity index is 560. The fraction of sp³-hybridized carbons (Fsp3) is 0.143. The van der Waals surface area contributed by atoms with Crippen LogP contribution in [0.1, 0.15) is 11.7 Å². The molecule has 0 heterocycles. The van der Waals surface area contributed by atoms with Gasteiger partial charge in [-0.15, -0.1) is 0 Å². The summed E-state index contributed by atoms with van der Waals surface area (Å²) in [6.07, 6.45) is -0.830. The van der Waals surface area contributed by atoms with Gasteiger partial charge in [-0.1, -0.05) is 28.1 Å². The number of benzene rings is 2. The fourth-order valence-corrected chi connectivity index (χ4v) is 1.91. The minimum Gasteiger partial charge on any atom is -0.487 e. The zero-order valence-corrected chi connectivity index (χ0v) is 11.6. The van der Waals surface area contributed by atoms with Crippen molar-refractivity contribution in [3.63, 3.8) is 0 Å². The number of aliphatic hydroxyl groups excluding tert-OH is 1. The molecule has 1 atom stereocenters. The average Bonchev–Trinajstić information content (AvgIpc) is 2.38. The molecule has 2 rings (SSSR count). The van der Waals surface area contributed by atoms with Crippen LogP contribution in [0.25, 0.3) is 0 Å². The molecule has 0 amide bonds. The molecular formula is C14H13BrFNO2. The van der Waals surface area contributed by atoms with Gasteiger partial charge >= 0.3 is 0 Å². The van der Waals surface area contributed by atoms with E-state index in [0.29, 0.717) is 15.7 Å². The molecule has 1 unspecified atom stereocenters. The molecular weight excluding hydrogens is 313 g/mol. The van der Waals surface area contributed by atoms with Crippen molar-refractivity contribution in [2.24, 2.45) is 0 Å². The van der Waals surface area contributed by atoms with Crippen molar-refractivity contribution in [1.29, 1.82) is 0 Å². The summed E-state index contributed by atoms with van der Waals surface area (Å²) in [6.45, 7) is -0.0253. The van der Waals surface area contributed by atoms with E-state index in [0.717, 1.165) is 0 Å². The zero-order valence-electron chi connectivity index (χ0n) is 10.0. The molecule has 0 fully saturated rings. The van der Waals surface area contributed by atoms with E-state index in [-0.39, 0.29) is 12.4 Å². The Morgan fingerprint density at radius 2 is 1.89 bits per heavy atom. The highest BCUT2D eigenvalue weighted by Crippen LogP contribution is 2.23. The SMILES string of the molecule is Nc1ccc(C(O)COc2ccc(Br)cc2F)cc1. The number of nitrogen functional groups attached to an aromatic ring is 1. The monoisotopic (exact) mass is 325 g/mol. The molecule has 0 aliphatic rings. The number of halogens is 2. The Balaban J connectivity index is 2.00. The Hall–Kier alpha value is -1.59. The topological polar surface area (TPSA) is 55.5 Å². The Labute approximate surface area is 118 Å². The predicted molar refractivity (Wildman–Crippen MR) is 75.4 cm³/mol. The molecule has 100 valence electrons. The first-order valence-corrected chi connectivity index (χ1v) is 6.47. The number of hydrogen-bond acceptors (Lipinski definition) is 3. The molecule has 0 spiro atoms. The number of anilines is 1. The van der Waals surface area contributed by atoms with Crippen LogP contribution >= 0.6 is 15.9 Å². The lowest BCUT2D eigenvalue weighted by Gasteiger charge is -2.13. The Kier molecular flexibility index (Phi) is 4.39. The van der Waals surface area contributed by atoms with Crippen LogP contribution in [0.2, 0.25) is 0 Å². The smallest absolute Gasteiger partial charge is 0.166 e. The van der Waals surface area contributed by atoms with Crippen molar-refractivity contribution < 1.29 is 14.2 Å². The molecule has 3 nitrogen and oxygen atoms in total. The maximum Gasteiger partial charge on any atom is 0.166 e. The third-order valence-corrected chi connectivity index (χ3v) is 3.11. The lowest BCUT2D eigenvalue weighted by Crippen LogP contribution is -2.10. The van der Waals surface area contributed by atoms with Crippen molar-refractivity contribution in [2.75, 3.05) is 12.3 Å². The summed E-state index contributed by atoms with van der Waals surface area (Å²) in [5.41, 5.74) is 6.85. The molecule has 5 heteroatoms. The summed E-state index contributed by atoms with van der Waals surface area (Å²) >= 11 is 3.16. The number of ether oxygens (including phenoxy) is 1. The summed E-state index contributed by atoms with van der Waals surface area (Å²) in [4.78, 5) is 0. The standard InChI is InChI=1S/C14H13BrFNO2/c15-10-3-6-14(12(16)7-10)19-8-13(18)9-1-4-11(17)5-2-9/h1-7,13,18H,8,17H2. The molecule has 0 aliphatic heterocycles. The second-order valence-corrected chi connectivity index (χ2v) is 4.98. The van der Waals surface area contributed by atoms with Crippen LogP contribution in [0.4, 0.5) is 10.1 Å². The first-order valence-electron chi connectivity index (χ1n) is 5.67. The summed E-state index contributed by atoms with van der Waals surface area (Å²) in [7, 11) is 0. The van der Waals surface area contributed by atoms with Gasteiger partial charge in [0.15, 0.2) is 11.6 Å². The first kappa shape index (κ1) is 13.8. The number of nitrogens with two attached hydrogens (primary N) is 1. The molecule has 19 heavy (non-hydrogen) atoms. The summed E-state index contributed by atoms with van der Waals surface area (Å²) in [6, 6.07) is 11.3. The van der Waals surface area contributed by atoms with E-state index in [1.54, 1.807) is 30.3 Å². The minimum atomic E-state index is -0.830. The van der Waals surface area contributed by atoms with Crippen molar-refractivity contribution in [1.82, 2.24) is 0 Å². The number of rotatable bonds is 4. The summed E-state index contributed by atoms with van der Waals surface area (Å²) in [5.74, 6) is -0.364. The van der Waals surface area contributed by atoms with E-state index in [2.05, 4.69) is 15.9 Å². The van der Waals surface area contributed by atoms with E-state index in [1.807, 2.05) is 0 Å². The fourth-order valence-electron chi connectivity index (χ4n) is 1.58. The number of aliphatic hydroxyl groups is 1. The average molecular weight is 326 g/mol. The van der Waals surface area contributed by atoms with Gasteiger partial charge in [-0.2, -0.15) is 0 Å². The van der Waals surface area contributed by atoms with Crippen LogP contribution < -0.4 is 10.5 Å². The van der Waals surface area contributed by atoms with Crippen molar-refractivity contribution in [2.45, 2.75) is 6.10 Å². The zero-order chi connectivity index (χ0) is 13.8. The summed E-state index contributed by atoms with van der Waals surface area (Å²) in [5, 5.41) is 9.92. The van der Waals surface area contributed by atoms with Gasteiger partial charge in [0.2, 0.25) is 0 Å². The third-order valence-electron chi connectivity index (χ3n) is 2.61. The normalized spacial score (nSPS) is 12.2. The second-order valence-electron chi connectivity index (χ2n) is 4.07. The van der Waals surface area contributed by atoms with E-state index in [9.17, 15) is 9.50 Å². The largest absolute Gasteiger partial charge is 0.487 e. The molecule has 2 aromatic carbocycles. The second kappa shape index (κ2) is 6.04. The maximum atomic E-state index is 13.5. The van der Waals surface area contributed by atoms with Crippen molar-refractivity contribution in [3.05, 3.63) is 58.3 Å². The van der Waals surface area contributed by atoms with Crippen LogP contribution in [0.3, 0.4) is 0 Å². The maximum absolute atomic E-state index is 13.5. The van der Waals surface area contributed by atoms with Crippen LogP contribution in [0.5, 0.6) is 5.75 Å². The van der Waals surface area contributed by atoms with Crippen molar-refractivity contribution in [3.8, 4) is 5.75 Å². The van der Waals surface area contributed by atoms with E-state index in [1.165, 1.54) is 12.1 Å². The number of hydrogen-bond donors (Lipinski definition) is 2. The predicted octanol–water partition coefficient (Wildman–Crippen LogP) is 3.28. The molecule has 0 saturated heterocycles. The molecule has 0 radical (unpaired) electrons. The van der Waals surface area contributed by atoms with Crippen LogP contribution in [-0.2, 0) is 0 Å². The van der Waals surface area contributed by atoms with Crippen LogP contribution in [0, 0.1) is 5.82 Å². The Morgan fingerprint density at radius 3 is 2.53 bits per heavy atom. The van der Waals surface area contributed by atoms with Crippen LogP contribution in [-0.4, -0.2) is 11.7 Å². The van der Waals surface area contributed by atoms with Gasteiger partial charge in [0.25, 0.3) is 0 Å². The molecule has 0 aromatic heterocycles. The first-order chi connectivity index (χ1) is 9.06. The van der Waals surface area contributed by atoms with Gasteiger partial charge in [-0.05, 0) is 35.9 Å². The minimum absolute atomic E-state index is 0.0253. The van der Waals surface area contributed by atoms with Gasteiger partial charge < -0.3 is 15.6 Å². The van der Waals surface area contributed by atoms with Gasteiger partial charge in [0.1, 0.15) is 12.7 Å². The molecule has 0 aliphatic carbocycles. The lowest BCUT2D eigenvalue weighted by molar-refractivity contribution is 0.106. The Morgan fingerprint density at radius 1 is 1.21 bits per heavy atom. The van der Waals surface area contributed by atoms with Gasteiger partial charge in [-0.3, -0.25) is 0 Å². The van der Waals surface area contributed by atoms with Gasteiger partial charge in [0, 0.05) is 10.2 Å². The van der Waals surface area contributed by atoms with Crippen molar-refractivity contribution >= 4 is 21.6 Å². The van der Waals surface area contributed by atoms with E-state index >= 15 is 0 Å². The van der Waals surface area contributed by atoms with E-state index < -0.39 is 11.9 Å². The van der Waals surface area contributed by atoms with Crippen LogP contribution in [0.15, 0.2) is 46.9 Å². The summed E-state index contributed by atoms with van der Waals surface area (Å²) < 4.78 is 19.4. The van der Waals surface area contributed by atoms with E-state index in [4.69, 9.17) is 10.5 Å². The highest BCUT2D eigenvalue weighted by Gasteiger charge is 2.10. The quantitative estimate of drug-likeness (QED) is 0.848.